The van der Waals surface area contributed by atoms with Crippen molar-refractivity contribution >= 4 is 16.7 Å². The number of rotatable bonds is 3. The van der Waals surface area contributed by atoms with Crippen LogP contribution in [0.2, 0.25) is 0 Å². The van der Waals surface area contributed by atoms with E-state index < -0.39 is 10.8 Å². The molecule has 1 heterocycles. The van der Waals surface area contributed by atoms with Crippen LogP contribution in [0.3, 0.4) is 0 Å². The van der Waals surface area contributed by atoms with Crippen molar-refractivity contribution in [3.05, 3.63) is 0 Å². The van der Waals surface area contributed by atoms with Gasteiger partial charge in [-0.25, -0.2) is 0 Å². The first-order valence-corrected chi connectivity index (χ1v) is 6.47. The van der Waals surface area contributed by atoms with Gasteiger partial charge in [0.15, 0.2) is 0 Å². The fraction of sp³-hybridized carbons (Fsp3) is 0.889. The third-order valence-corrected chi connectivity index (χ3v) is 3.92. The summed E-state index contributed by atoms with van der Waals surface area (Å²) in [5, 5.41) is 2.94. The summed E-state index contributed by atoms with van der Waals surface area (Å²) in [6.45, 7) is 2.20. The van der Waals surface area contributed by atoms with E-state index in [0.29, 0.717) is 18.1 Å². The minimum atomic E-state index is -0.664. The standard InChI is InChI=1S/C9H18N2O2S/c1-7(6-10)9(12)11-8-2-4-14(13)5-3-8/h7-8H,2-6,10H2,1H3,(H,11,12). The van der Waals surface area contributed by atoms with E-state index in [4.69, 9.17) is 5.73 Å². The molecular weight excluding hydrogens is 200 g/mol. The summed E-state index contributed by atoms with van der Waals surface area (Å²) < 4.78 is 11.1. The molecule has 1 saturated heterocycles. The maximum absolute atomic E-state index is 11.5. The van der Waals surface area contributed by atoms with Gasteiger partial charge in [-0.15, -0.1) is 0 Å². The Morgan fingerprint density at radius 2 is 2.14 bits per heavy atom. The van der Waals surface area contributed by atoms with Gasteiger partial charge in [0.05, 0.1) is 0 Å². The van der Waals surface area contributed by atoms with Crippen molar-refractivity contribution in [2.45, 2.75) is 25.8 Å². The Balaban J connectivity index is 2.30. The first-order chi connectivity index (χ1) is 6.63. The normalized spacial score (nSPS) is 29.6. The molecule has 1 amide bonds. The first kappa shape index (κ1) is 11.7. The van der Waals surface area contributed by atoms with Crippen molar-refractivity contribution < 1.29 is 9.00 Å². The van der Waals surface area contributed by atoms with Crippen LogP contribution < -0.4 is 11.1 Å². The Morgan fingerprint density at radius 3 is 2.64 bits per heavy atom. The smallest absolute Gasteiger partial charge is 0.224 e. The van der Waals surface area contributed by atoms with Crippen LogP contribution >= 0.6 is 0 Å². The lowest BCUT2D eigenvalue weighted by Crippen LogP contribution is -2.43. The maximum Gasteiger partial charge on any atom is 0.224 e. The molecule has 0 spiro atoms. The highest BCUT2D eigenvalue weighted by molar-refractivity contribution is 7.85. The highest BCUT2D eigenvalue weighted by Gasteiger charge is 2.21. The van der Waals surface area contributed by atoms with Gasteiger partial charge >= 0.3 is 0 Å². The van der Waals surface area contributed by atoms with Crippen LogP contribution in [0.4, 0.5) is 0 Å². The minimum absolute atomic E-state index is 0.0187. The summed E-state index contributed by atoms with van der Waals surface area (Å²) in [5.41, 5.74) is 5.39. The highest BCUT2D eigenvalue weighted by Crippen LogP contribution is 2.09. The summed E-state index contributed by atoms with van der Waals surface area (Å²) in [4.78, 5) is 11.5. The van der Waals surface area contributed by atoms with Gasteiger partial charge in [0.25, 0.3) is 0 Å². The molecule has 1 fully saturated rings. The number of hydrogen-bond donors (Lipinski definition) is 2. The van der Waals surface area contributed by atoms with Gasteiger partial charge < -0.3 is 11.1 Å². The molecule has 1 unspecified atom stereocenters. The second-order valence-electron chi connectivity index (χ2n) is 3.77. The highest BCUT2D eigenvalue weighted by atomic mass is 32.2. The van der Waals surface area contributed by atoms with Crippen molar-refractivity contribution in [2.24, 2.45) is 11.7 Å². The molecule has 0 aromatic heterocycles. The molecule has 82 valence electrons. The van der Waals surface area contributed by atoms with E-state index in [9.17, 15) is 9.00 Å². The quantitative estimate of drug-likeness (QED) is 0.677. The Kier molecular flexibility index (Phi) is 4.54. The number of nitrogens with two attached hydrogens (primary N) is 1. The van der Waals surface area contributed by atoms with Crippen LogP contribution in [0.15, 0.2) is 0 Å². The Labute approximate surface area is 87.1 Å². The van der Waals surface area contributed by atoms with E-state index in [2.05, 4.69) is 5.32 Å². The van der Waals surface area contributed by atoms with Crippen LogP contribution in [0, 0.1) is 5.92 Å². The molecule has 1 rings (SSSR count). The zero-order valence-corrected chi connectivity index (χ0v) is 9.31. The van der Waals surface area contributed by atoms with Gasteiger partial charge in [0.2, 0.25) is 5.91 Å². The van der Waals surface area contributed by atoms with Crippen LogP contribution in [-0.2, 0) is 15.6 Å². The number of carbonyl (C=O) groups excluding carboxylic acids is 1. The second-order valence-corrected chi connectivity index (χ2v) is 5.46. The SMILES string of the molecule is CC(CN)C(=O)NC1CCS(=O)CC1. The van der Waals surface area contributed by atoms with Gasteiger partial charge in [0, 0.05) is 40.8 Å². The van der Waals surface area contributed by atoms with Crippen molar-refractivity contribution in [1.82, 2.24) is 5.32 Å². The zero-order chi connectivity index (χ0) is 10.6. The van der Waals surface area contributed by atoms with E-state index in [1.807, 2.05) is 6.92 Å². The average molecular weight is 218 g/mol. The van der Waals surface area contributed by atoms with E-state index >= 15 is 0 Å². The Hall–Kier alpha value is -0.420. The lowest BCUT2D eigenvalue weighted by atomic mass is 10.1. The minimum Gasteiger partial charge on any atom is -0.353 e. The van der Waals surface area contributed by atoms with Crippen LogP contribution in [-0.4, -0.2) is 34.2 Å². The van der Waals surface area contributed by atoms with E-state index in [1.54, 1.807) is 0 Å². The third-order valence-electron chi connectivity index (χ3n) is 2.54. The first-order valence-electron chi connectivity index (χ1n) is 4.99. The molecule has 1 aliphatic rings. The maximum atomic E-state index is 11.5. The molecule has 0 saturated carbocycles. The average Bonchev–Trinajstić information content (AvgIpc) is 2.20. The fourth-order valence-electron chi connectivity index (χ4n) is 1.39. The molecule has 0 bridgehead atoms. The molecule has 0 aromatic rings. The van der Waals surface area contributed by atoms with Gasteiger partial charge in [-0.1, -0.05) is 6.92 Å². The lowest BCUT2D eigenvalue weighted by molar-refractivity contribution is -0.124. The summed E-state index contributed by atoms with van der Waals surface area (Å²) in [7, 11) is -0.664. The molecule has 5 heteroatoms. The monoisotopic (exact) mass is 218 g/mol. The predicted octanol–water partition coefficient (Wildman–Crippen LogP) is -0.391. The van der Waals surface area contributed by atoms with Gasteiger partial charge in [-0.3, -0.25) is 9.00 Å². The van der Waals surface area contributed by atoms with Crippen LogP contribution in [0.1, 0.15) is 19.8 Å². The van der Waals surface area contributed by atoms with Crippen molar-refractivity contribution in [3.8, 4) is 0 Å². The summed E-state index contributed by atoms with van der Waals surface area (Å²) in [5.74, 6) is 1.32. The van der Waals surface area contributed by atoms with Crippen molar-refractivity contribution in [3.63, 3.8) is 0 Å². The number of amides is 1. The van der Waals surface area contributed by atoms with E-state index in [1.165, 1.54) is 0 Å². The molecule has 0 radical (unpaired) electrons. The largest absolute Gasteiger partial charge is 0.353 e. The molecule has 14 heavy (non-hydrogen) atoms. The molecule has 0 aliphatic carbocycles. The van der Waals surface area contributed by atoms with E-state index in [-0.39, 0.29) is 17.9 Å². The second kappa shape index (κ2) is 5.46. The summed E-state index contributed by atoms with van der Waals surface area (Å²) in [6.07, 6.45) is 1.66. The van der Waals surface area contributed by atoms with Crippen molar-refractivity contribution in [2.75, 3.05) is 18.1 Å². The zero-order valence-electron chi connectivity index (χ0n) is 8.49. The molecule has 1 aliphatic heterocycles. The number of hydrogen-bond acceptors (Lipinski definition) is 3. The van der Waals surface area contributed by atoms with Gasteiger partial charge in [-0.05, 0) is 12.8 Å². The van der Waals surface area contributed by atoms with Crippen LogP contribution in [0.25, 0.3) is 0 Å². The van der Waals surface area contributed by atoms with Gasteiger partial charge in [-0.2, -0.15) is 0 Å². The topological polar surface area (TPSA) is 72.2 Å². The lowest BCUT2D eigenvalue weighted by Gasteiger charge is -2.23. The van der Waals surface area contributed by atoms with Gasteiger partial charge in [0.1, 0.15) is 0 Å². The molecule has 0 aromatic carbocycles. The fourth-order valence-corrected chi connectivity index (χ4v) is 2.69. The third kappa shape index (κ3) is 3.38. The van der Waals surface area contributed by atoms with Crippen LogP contribution in [0.5, 0.6) is 0 Å². The Bertz CT molecular complexity index is 223. The number of carbonyl (C=O) groups is 1. The molecule has 1 atom stereocenters. The molecule has 3 N–H and O–H groups in total. The summed E-state index contributed by atoms with van der Waals surface area (Å²) in [6, 6.07) is 0.203. The predicted molar refractivity (Wildman–Crippen MR) is 57.3 cm³/mol. The molecular formula is C9H18N2O2S. The van der Waals surface area contributed by atoms with Crippen molar-refractivity contribution in [1.29, 1.82) is 0 Å². The number of nitrogens with one attached hydrogen (secondary N) is 1. The summed E-state index contributed by atoms with van der Waals surface area (Å²) >= 11 is 0. The Morgan fingerprint density at radius 1 is 1.57 bits per heavy atom. The molecule has 4 nitrogen and oxygen atoms in total. The van der Waals surface area contributed by atoms with E-state index in [0.717, 1.165) is 12.8 Å².